The molecule has 0 N–H and O–H groups in total. The summed E-state index contributed by atoms with van der Waals surface area (Å²) in [5, 5.41) is 9.19. The minimum atomic E-state index is -0.852. The molecule has 1 aliphatic heterocycles. The number of carbonyl (C=O) groups excluding carboxylic acids is 1. The molecule has 7 nitrogen and oxygen atoms in total. The number of anilines is 1. The molecule has 0 saturated heterocycles. The van der Waals surface area contributed by atoms with E-state index in [1.807, 2.05) is 74.5 Å². The monoisotopic (exact) mass is 536 g/mol. The third-order valence-corrected chi connectivity index (χ3v) is 6.60. The molecule has 1 aliphatic rings. The van der Waals surface area contributed by atoms with Crippen molar-refractivity contribution in [3.8, 4) is 28.5 Å². The largest absolute Gasteiger partial charge is 0.455 e. The van der Waals surface area contributed by atoms with E-state index in [9.17, 15) is 4.79 Å². The Bertz CT molecular complexity index is 1340. The molecule has 0 aliphatic carbocycles. The van der Waals surface area contributed by atoms with Crippen molar-refractivity contribution < 1.29 is 13.9 Å². The maximum absolute atomic E-state index is 13.2. The molecular formula is C25H21BrN4O3S. The molecule has 1 atom stereocenters. The van der Waals surface area contributed by atoms with Gasteiger partial charge in [-0.3, -0.25) is 9.69 Å². The molecule has 4 aromatic rings. The van der Waals surface area contributed by atoms with Gasteiger partial charge in [0.15, 0.2) is 11.5 Å². The quantitative estimate of drug-likeness (QED) is 0.269. The molecule has 0 bridgehead atoms. The number of aromatic nitrogens is 3. The lowest BCUT2D eigenvalue weighted by molar-refractivity contribution is -0.120. The molecule has 2 aromatic carbocycles. The van der Waals surface area contributed by atoms with Gasteiger partial charge < -0.3 is 9.15 Å². The summed E-state index contributed by atoms with van der Waals surface area (Å²) in [6.07, 6.45) is -0.559. The fourth-order valence-corrected chi connectivity index (χ4v) is 4.55. The lowest BCUT2D eigenvalue weighted by Gasteiger charge is -2.29. The zero-order valence-corrected chi connectivity index (χ0v) is 21.0. The molecule has 0 spiro atoms. The van der Waals surface area contributed by atoms with Crippen LogP contribution < -0.4 is 9.64 Å². The van der Waals surface area contributed by atoms with Gasteiger partial charge in [-0.15, -0.1) is 10.2 Å². The van der Waals surface area contributed by atoms with Crippen molar-refractivity contribution in [2.45, 2.75) is 31.7 Å². The van der Waals surface area contributed by atoms with Crippen LogP contribution in [0.2, 0.25) is 0 Å². The highest BCUT2D eigenvalue weighted by Gasteiger charge is 2.37. The van der Waals surface area contributed by atoms with E-state index in [0.717, 1.165) is 21.4 Å². The van der Waals surface area contributed by atoms with E-state index in [0.29, 0.717) is 40.4 Å². The Morgan fingerprint density at radius 1 is 1.06 bits per heavy atom. The number of hydrogen-bond donors (Lipinski definition) is 0. The average molecular weight is 537 g/mol. The van der Waals surface area contributed by atoms with Crippen LogP contribution >= 0.6 is 27.7 Å². The molecule has 2 aromatic heterocycles. The number of ether oxygens (including phenoxy) is 1. The van der Waals surface area contributed by atoms with Crippen molar-refractivity contribution in [1.82, 2.24) is 15.2 Å². The highest BCUT2D eigenvalue weighted by atomic mass is 79.9. The fourth-order valence-electron chi connectivity index (χ4n) is 3.78. The number of rotatable bonds is 5. The molecule has 9 heteroatoms. The first-order valence-corrected chi connectivity index (χ1v) is 12.7. The molecule has 3 heterocycles. The van der Waals surface area contributed by atoms with Gasteiger partial charge in [0.1, 0.15) is 5.76 Å². The van der Waals surface area contributed by atoms with E-state index in [2.05, 4.69) is 31.1 Å². The van der Waals surface area contributed by atoms with Gasteiger partial charge in [0.05, 0.1) is 5.69 Å². The summed E-state index contributed by atoms with van der Waals surface area (Å²) in [7, 11) is 0. The van der Waals surface area contributed by atoms with Gasteiger partial charge in [0.2, 0.25) is 23.2 Å². The standard InChI is InChI=1S/C25H21BrN4O3S/c1-3-21(31)30-18-8-6-5-7-17(18)22-23(27-25(29-28-22)34-4-2)33-24(30)20-14-13-19(32-20)15-9-11-16(26)12-10-15/h5-14,24H,3-4H2,1-2H3. The van der Waals surface area contributed by atoms with Crippen LogP contribution in [0.1, 0.15) is 32.3 Å². The van der Waals surface area contributed by atoms with Crippen molar-refractivity contribution >= 4 is 39.3 Å². The predicted octanol–water partition coefficient (Wildman–Crippen LogP) is 6.51. The number of nitrogens with zero attached hydrogens (tertiary/aromatic N) is 4. The van der Waals surface area contributed by atoms with E-state index in [1.165, 1.54) is 11.8 Å². The van der Waals surface area contributed by atoms with Gasteiger partial charge in [0, 0.05) is 22.0 Å². The van der Waals surface area contributed by atoms with Crippen LogP contribution in [0.15, 0.2) is 74.7 Å². The molecule has 0 saturated carbocycles. The Labute approximate surface area is 209 Å². The lowest BCUT2D eigenvalue weighted by Crippen LogP contribution is -2.37. The van der Waals surface area contributed by atoms with Crippen molar-refractivity contribution in [2.24, 2.45) is 0 Å². The number of benzene rings is 2. The Morgan fingerprint density at radius 2 is 1.85 bits per heavy atom. The second-order valence-corrected chi connectivity index (χ2v) is 9.64. The molecule has 1 amide bonds. The lowest BCUT2D eigenvalue weighted by atomic mass is 10.1. The summed E-state index contributed by atoms with van der Waals surface area (Å²) in [5.74, 6) is 2.18. The highest BCUT2D eigenvalue weighted by molar-refractivity contribution is 9.10. The summed E-state index contributed by atoms with van der Waals surface area (Å²) in [6.45, 7) is 3.84. The van der Waals surface area contributed by atoms with E-state index in [4.69, 9.17) is 9.15 Å². The second kappa shape index (κ2) is 9.60. The van der Waals surface area contributed by atoms with Gasteiger partial charge in [-0.25, -0.2) is 0 Å². The average Bonchev–Trinajstić information content (AvgIpc) is 3.29. The van der Waals surface area contributed by atoms with Crippen molar-refractivity contribution in [2.75, 3.05) is 10.7 Å². The van der Waals surface area contributed by atoms with E-state index >= 15 is 0 Å². The zero-order chi connectivity index (χ0) is 23.7. The van der Waals surface area contributed by atoms with Crippen LogP contribution in [0.3, 0.4) is 0 Å². The van der Waals surface area contributed by atoms with Gasteiger partial charge in [-0.05, 0) is 36.1 Å². The number of furan rings is 1. The molecular weight excluding hydrogens is 516 g/mol. The van der Waals surface area contributed by atoms with Crippen LogP contribution in [-0.4, -0.2) is 26.8 Å². The van der Waals surface area contributed by atoms with Crippen molar-refractivity contribution in [3.63, 3.8) is 0 Å². The highest BCUT2D eigenvalue weighted by Crippen LogP contribution is 2.44. The first kappa shape index (κ1) is 22.6. The maximum atomic E-state index is 13.2. The number of thioether (sulfide) groups is 1. The Kier molecular flexibility index (Phi) is 6.38. The van der Waals surface area contributed by atoms with Crippen LogP contribution in [-0.2, 0) is 4.79 Å². The Morgan fingerprint density at radius 3 is 2.62 bits per heavy atom. The molecule has 34 heavy (non-hydrogen) atoms. The van der Waals surface area contributed by atoms with Crippen molar-refractivity contribution in [3.05, 3.63) is 70.9 Å². The SMILES string of the molecule is CCSc1nnc2c(n1)OC(c1ccc(-c3ccc(Br)cc3)o1)N(C(=O)CC)c1ccccc1-2. The molecule has 172 valence electrons. The van der Waals surface area contributed by atoms with Crippen LogP contribution in [0.25, 0.3) is 22.6 Å². The number of para-hydroxylation sites is 1. The summed E-state index contributed by atoms with van der Waals surface area (Å²) in [4.78, 5) is 19.5. The molecule has 0 fully saturated rings. The Hall–Kier alpha value is -3.17. The molecule has 5 rings (SSSR count). The van der Waals surface area contributed by atoms with Gasteiger partial charge in [0.25, 0.3) is 0 Å². The van der Waals surface area contributed by atoms with Crippen LogP contribution in [0, 0.1) is 0 Å². The van der Waals surface area contributed by atoms with Crippen LogP contribution in [0.5, 0.6) is 5.88 Å². The van der Waals surface area contributed by atoms with E-state index in [1.54, 1.807) is 4.90 Å². The smallest absolute Gasteiger partial charge is 0.247 e. The topological polar surface area (TPSA) is 81.3 Å². The first-order chi connectivity index (χ1) is 16.6. The molecule has 0 radical (unpaired) electrons. The number of hydrogen-bond acceptors (Lipinski definition) is 7. The summed E-state index contributed by atoms with van der Waals surface area (Å²) >= 11 is 4.93. The van der Waals surface area contributed by atoms with E-state index < -0.39 is 6.23 Å². The van der Waals surface area contributed by atoms with Gasteiger partial charge in [-0.2, -0.15) is 4.98 Å². The van der Waals surface area contributed by atoms with Gasteiger partial charge in [-0.1, -0.05) is 71.9 Å². The normalized spacial score (nSPS) is 14.7. The second-order valence-electron chi connectivity index (χ2n) is 7.49. The van der Waals surface area contributed by atoms with Crippen LogP contribution in [0.4, 0.5) is 5.69 Å². The third-order valence-electron chi connectivity index (χ3n) is 5.36. The summed E-state index contributed by atoms with van der Waals surface area (Å²) < 4.78 is 13.6. The van der Waals surface area contributed by atoms with E-state index in [-0.39, 0.29) is 5.91 Å². The minimum absolute atomic E-state index is 0.108. The number of amides is 1. The zero-order valence-electron chi connectivity index (χ0n) is 18.6. The number of fused-ring (bicyclic) bond motifs is 3. The summed E-state index contributed by atoms with van der Waals surface area (Å²) in [5.41, 5.74) is 2.82. The fraction of sp³-hybridized carbons (Fsp3) is 0.200. The third kappa shape index (κ3) is 4.21. The predicted molar refractivity (Wildman–Crippen MR) is 135 cm³/mol. The first-order valence-electron chi connectivity index (χ1n) is 10.9. The van der Waals surface area contributed by atoms with Crippen molar-refractivity contribution in [1.29, 1.82) is 0 Å². The van der Waals surface area contributed by atoms with Gasteiger partial charge >= 0.3 is 0 Å². The maximum Gasteiger partial charge on any atom is 0.247 e. The number of carbonyl (C=O) groups is 1. The number of halogens is 1. The minimum Gasteiger partial charge on any atom is -0.455 e. The molecule has 1 unspecified atom stereocenters. The summed E-state index contributed by atoms with van der Waals surface area (Å²) in [6, 6.07) is 19.1. The Balaban J connectivity index is 1.65.